The standard InChI is InChI=1S/C18H21NO6/c1-18(2)16(21)15(19(3)11-8-14(20)24-9-11)12-7-10(17(22)23-4)5-6-13(12)25-18/h5-8,15-16,21H,9H2,1-4H3/t15-,16+/m1/s1. The van der Waals surface area contributed by atoms with Crippen LogP contribution in [0.15, 0.2) is 30.0 Å². The molecule has 0 radical (unpaired) electrons. The van der Waals surface area contributed by atoms with E-state index in [0.717, 1.165) is 0 Å². The lowest BCUT2D eigenvalue weighted by Crippen LogP contribution is -2.52. The maximum Gasteiger partial charge on any atom is 0.337 e. The fourth-order valence-corrected chi connectivity index (χ4v) is 3.18. The first-order valence-corrected chi connectivity index (χ1v) is 7.94. The number of carbonyl (C=O) groups excluding carboxylic acids is 2. The lowest BCUT2D eigenvalue weighted by molar-refractivity contribution is -0.135. The van der Waals surface area contributed by atoms with Crippen LogP contribution in [0.3, 0.4) is 0 Å². The minimum Gasteiger partial charge on any atom is -0.485 e. The van der Waals surface area contributed by atoms with E-state index < -0.39 is 29.7 Å². The van der Waals surface area contributed by atoms with Gasteiger partial charge in [-0.25, -0.2) is 9.59 Å². The topological polar surface area (TPSA) is 85.3 Å². The zero-order valence-electron chi connectivity index (χ0n) is 14.6. The summed E-state index contributed by atoms with van der Waals surface area (Å²) in [4.78, 5) is 25.1. The molecule has 3 rings (SSSR count). The Morgan fingerprint density at radius 3 is 2.72 bits per heavy atom. The van der Waals surface area contributed by atoms with Gasteiger partial charge in [-0.15, -0.1) is 0 Å². The molecular weight excluding hydrogens is 326 g/mol. The summed E-state index contributed by atoms with van der Waals surface area (Å²) in [5, 5.41) is 10.9. The van der Waals surface area contributed by atoms with Gasteiger partial charge in [0.2, 0.25) is 0 Å². The summed E-state index contributed by atoms with van der Waals surface area (Å²) in [6, 6.07) is 4.46. The number of methoxy groups -OCH3 is 1. The van der Waals surface area contributed by atoms with Gasteiger partial charge < -0.3 is 24.2 Å². The molecule has 2 heterocycles. The number of esters is 2. The minimum absolute atomic E-state index is 0.145. The molecule has 2 atom stereocenters. The quantitative estimate of drug-likeness (QED) is 0.828. The van der Waals surface area contributed by atoms with Crippen LogP contribution in [-0.2, 0) is 14.3 Å². The van der Waals surface area contributed by atoms with Crippen molar-refractivity contribution in [2.45, 2.75) is 31.6 Å². The number of cyclic esters (lactones) is 1. The van der Waals surface area contributed by atoms with Gasteiger partial charge in [0.1, 0.15) is 24.1 Å². The van der Waals surface area contributed by atoms with Gasteiger partial charge in [-0.2, -0.15) is 0 Å². The van der Waals surface area contributed by atoms with Gasteiger partial charge in [0.05, 0.1) is 24.4 Å². The van der Waals surface area contributed by atoms with E-state index in [1.54, 1.807) is 44.0 Å². The average molecular weight is 347 g/mol. The largest absolute Gasteiger partial charge is 0.485 e. The number of rotatable bonds is 3. The highest BCUT2D eigenvalue weighted by atomic mass is 16.5. The summed E-state index contributed by atoms with van der Waals surface area (Å²) in [5.74, 6) is -0.307. The van der Waals surface area contributed by atoms with Crippen molar-refractivity contribution in [3.05, 3.63) is 41.1 Å². The molecule has 0 saturated carbocycles. The monoisotopic (exact) mass is 347 g/mol. The van der Waals surface area contributed by atoms with E-state index in [2.05, 4.69) is 0 Å². The molecule has 134 valence electrons. The van der Waals surface area contributed by atoms with Crippen LogP contribution in [0.2, 0.25) is 0 Å². The molecule has 0 saturated heterocycles. The number of carbonyl (C=O) groups is 2. The van der Waals surface area contributed by atoms with Crippen LogP contribution in [-0.4, -0.2) is 54.4 Å². The van der Waals surface area contributed by atoms with E-state index in [-0.39, 0.29) is 6.61 Å². The van der Waals surface area contributed by atoms with E-state index in [1.807, 2.05) is 0 Å². The fourth-order valence-electron chi connectivity index (χ4n) is 3.18. The third-order valence-electron chi connectivity index (χ3n) is 4.65. The molecule has 1 aromatic rings. The summed E-state index contributed by atoms with van der Waals surface area (Å²) < 4.78 is 15.7. The highest BCUT2D eigenvalue weighted by molar-refractivity contribution is 5.90. The number of likely N-dealkylation sites (N-methyl/N-ethyl adjacent to an activating group) is 1. The average Bonchev–Trinajstić information content (AvgIpc) is 3.00. The second-order valence-electron chi connectivity index (χ2n) is 6.69. The van der Waals surface area contributed by atoms with E-state index in [1.165, 1.54) is 13.2 Å². The van der Waals surface area contributed by atoms with Crippen molar-refractivity contribution in [3.8, 4) is 5.75 Å². The SMILES string of the molecule is COC(=O)c1ccc2c(c1)[C@@H](N(C)C1=CC(=O)OC1)[C@H](O)C(C)(C)O2. The Labute approximate surface area is 145 Å². The first kappa shape index (κ1) is 17.3. The zero-order chi connectivity index (χ0) is 18.4. The zero-order valence-corrected chi connectivity index (χ0v) is 14.6. The van der Waals surface area contributed by atoms with Gasteiger partial charge in [0, 0.05) is 18.7 Å². The van der Waals surface area contributed by atoms with Gasteiger partial charge in [-0.05, 0) is 32.0 Å². The van der Waals surface area contributed by atoms with E-state index >= 15 is 0 Å². The first-order valence-electron chi connectivity index (χ1n) is 7.94. The molecule has 25 heavy (non-hydrogen) atoms. The first-order chi connectivity index (χ1) is 11.7. The van der Waals surface area contributed by atoms with Gasteiger partial charge in [0.15, 0.2) is 0 Å². The van der Waals surface area contributed by atoms with E-state index in [4.69, 9.17) is 14.2 Å². The summed E-state index contributed by atoms with van der Waals surface area (Å²) in [6.07, 6.45) is 0.508. The number of nitrogens with zero attached hydrogens (tertiary/aromatic N) is 1. The molecule has 0 bridgehead atoms. The third kappa shape index (κ3) is 2.95. The summed E-state index contributed by atoms with van der Waals surface area (Å²) in [5.41, 5.74) is 0.824. The highest BCUT2D eigenvalue weighted by Crippen LogP contribution is 2.44. The molecule has 0 fully saturated rings. The van der Waals surface area contributed by atoms with Crippen LogP contribution in [0.5, 0.6) is 5.75 Å². The number of aliphatic hydroxyl groups is 1. The minimum atomic E-state index is -0.894. The van der Waals surface area contributed by atoms with Crippen LogP contribution in [0.25, 0.3) is 0 Å². The Bertz CT molecular complexity index is 754. The second kappa shape index (κ2) is 6.07. The molecule has 2 aliphatic rings. The van der Waals surface area contributed by atoms with Crippen molar-refractivity contribution < 1.29 is 28.9 Å². The normalized spacial score (nSPS) is 23.9. The van der Waals surface area contributed by atoms with Gasteiger partial charge in [-0.1, -0.05) is 0 Å². The summed E-state index contributed by atoms with van der Waals surface area (Å²) in [7, 11) is 3.09. The number of ether oxygens (including phenoxy) is 3. The van der Waals surface area contributed by atoms with E-state index in [9.17, 15) is 14.7 Å². The number of hydrogen-bond donors (Lipinski definition) is 1. The van der Waals surface area contributed by atoms with Crippen LogP contribution in [0, 0.1) is 0 Å². The second-order valence-corrected chi connectivity index (χ2v) is 6.69. The Balaban J connectivity index is 2.08. The number of benzene rings is 1. The van der Waals surface area contributed by atoms with Gasteiger partial charge in [-0.3, -0.25) is 0 Å². The Kier molecular flexibility index (Phi) is 4.20. The molecule has 0 spiro atoms. The maximum absolute atomic E-state index is 11.9. The van der Waals surface area contributed by atoms with Crippen LogP contribution in [0.1, 0.15) is 35.8 Å². The number of fused-ring (bicyclic) bond motifs is 1. The number of hydrogen-bond acceptors (Lipinski definition) is 7. The molecule has 0 aliphatic carbocycles. The van der Waals surface area contributed by atoms with Crippen molar-refractivity contribution in [1.29, 1.82) is 0 Å². The lowest BCUT2D eigenvalue weighted by atomic mass is 9.85. The van der Waals surface area contributed by atoms with E-state index in [0.29, 0.717) is 22.6 Å². The molecule has 0 aromatic heterocycles. The maximum atomic E-state index is 11.9. The molecular formula is C18H21NO6. The van der Waals surface area contributed by atoms with Gasteiger partial charge >= 0.3 is 11.9 Å². The Morgan fingerprint density at radius 1 is 1.40 bits per heavy atom. The van der Waals surface area contributed by atoms with Crippen molar-refractivity contribution >= 4 is 11.9 Å². The van der Waals surface area contributed by atoms with Gasteiger partial charge in [0.25, 0.3) is 0 Å². The van der Waals surface area contributed by atoms with Crippen molar-refractivity contribution in [3.63, 3.8) is 0 Å². The lowest BCUT2D eigenvalue weighted by Gasteiger charge is -2.46. The highest BCUT2D eigenvalue weighted by Gasteiger charge is 2.45. The molecule has 0 amide bonds. The Morgan fingerprint density at radius 2 is 2.12 bits per heavy atom. The Hall–Kier alpha value is -2.54. The summed E-state index contributed by atoms with van der Waals surface area (Å²) >= 11 is 0. The van der Waals surface area contributed by atoms with Crippen molar-refractivity contribution in [1.82, 2.24) is 4.90 Å². The van der Waals surface area contributed by atoms with Crippen LogP contribution in [0.4, 0.5) is 0 Å². The smallest absolute Gasteiger partial charge is 0.337 e. The van der Waals surface area contributed by atoms with Crippen molar-refractivity contribution in [2.75, 3.05) is 20.8 Å². The summed E-state index contributed by atoms with van der Waals surface area (Å²) in [6.45, 7) is 3.73. The predicted molar refractivity (Wildman–Crippen MR) is 88.0 cm³/mol. The van der Waals surface area contributed by atoms with Crippen LogP contribution >= 0.6 is 0 Å². The third-order valence-corrected chi connectivity index (χ3v) is 4.65. The molecule has 7 nitrogen and oxygen atoms in total. The molecule has 2 aliphatic heterocycles. The fraction of sp³-hybridized carbons (Fsp3) is 0.444. The molecule has 1 aromatic carbocycles. The van der Waals surface area contributed by atoms with Crippen molar-refractivity contribution in [2.24, 2.45) is 0 Å². The van der Waals surface area contributed by atoms with Crippen LogP contribution < -0.4 is 4.74 Å². The predicted octanol–water partition coefficient (Wildman–Crippen LogP) is 1.42. The molecule has 1 N–H and O–H groups in total. The molecule has 7 heteroatoms. The number of aliphatic hydroxyl groups excluding tert-OH is 1. The molecule has 0 unspecified atom stereocenters.